The van der Waals surface area contributed by atoms with E-state index in [0.29, 0.717) is 10.9 Å². The van der Waals surface area contributed by atoms with Gasteiger partial charge in [-0.25, -0.2) is 9.37 Å². The molecule has 0 radical (unpaired) electrons. The third-order valence-electron chi connectivity index (χ3n) is 3.59. The Morgan fingerprint density at radius 3 is 2.88 bits per heavy atom. The molecular weight excluding hydrogens is 339 g/mol. The summed E-state index contributed by atoms with van der Waals surface area (Å²) in [4.78, 5) is 16.4. The first-order valence-electron chi connectivity index (χ1n) is 7.72. The monoisotopic (exact) mass is 356 g/mol. The van der Waals surface area contributed by atoms with E-state index >= 15 is 0 Å². The van der Waals surface area contributed by atoms with Gasteiger partial charge >= 0.3 is 0 Å². The lowest BCUT2D eigenvalue weighted by Gasteiger charge is -2.06. The summed E-state index contributed by atoms with van der Waals surface area (Å²) in [5.41, 5.74) is 4.16. The van der Waals surface area contributed by atoms with Crippen LogP contribution in [0.4, 0.5) is 9.52 Å². The van der Waals surface area contributed by atoms with E-state index in [4.69, 9.17) is 4.74 Å². The molecule has 0 aliphatic rings. The highest BCUT2D eigenvalue weighted by atomic mass is 32.1. The van der Waals surface area contributed by atoms with E-state index in [1.165, 1.54) is 29.5 Å². The van der Waals surface area contributed by atoms with Crippen molar-refractivity contribution in [3.63, 3.8) is 0 Å². The quantitative estimate of drug-likeness (QED) is 0.728. The fourth-order valence-corrected chi connectivity index (χ4v) is 3.05. The number of anilines is 1. The van der Waals surface area contributed by atoms with Crippen LogP contribution in [0.15, 0.2) is 47.8 Å². The molecule has 0 spiro atoms. The first kappa shape index (κ1) is 17.1. The lowest BCUT2D eigenvalue weighted by Crippen LogP contribution is -2.20. The van der Waals surface area contributed by atoms with Gasteiger partial charge in [-0.3, -0.25) is 10.1 Å². The van der Waals surface area contributed by atoms with Crippen LogP contribution in [0.1, 0.15) is 11.1 Å². The number of amides is 1. The number of carbonyl (C=O) groups excluding carboxylic acids is 1. The first-order chi connectivity index (χ1) is 12.0. The van der Waals surface area contributed by atoms with Gasteiger partial charge < -0.3 is 4.74 Å². The topological polar surface area (TPSA) is 51.2 Å². The lowest BCUT2D eigenvalue weighted by atomic mass is 10.0. The van der Waals surface area contributed by atoms with Gasteiger partial charge in [0.2, 0.25) is 0 Å². The van der Waals surface area contributed by atoms with Crippen molar-refractivity contribution in [1.29, 1.82) is 0 Å². The lowest BCUT2D eigenvalue weighted by molar-refractivity contribution is -0.118. The third-order valence-corrected chi connectivity index (χ3v) is 4.34. The Hall–Kier alpha value is -2.73. The minimum absolute atomic E-state index is 0.207. The Morgan fingerprint density at radius 1 is 1.24 bits per heavy atom. The molecule has 0 fully saturated rings. The van der Waals surface area contributed by atoms with Crippen LogP contribution in [0, 0.1) is 19.7 Å². The Kier molecular flexibility index (Phi) is 5.09. The molecule has 0 saturated heterocycles. The fourth-order valence-electron chi connectivity index (χ4n) is 2.33. The molecule has 4 nitrogen and oxygen atoms in total. The molecule has 1 aromatic heterocycles. The largest absolute Gasteiger partial charge is 0.484 e. The van der Waals surface area contributed by atoms with Crippen molar-refractivity contribution < 1.29 is 13.9 Å². The summed E-state index contributed by atoms with van der Waals surface area (Å²) in [7, 11) is 0. The van der Waals surface area contributed by atoms with Crippen LogP contribution in [0.3, 0.4) is 0 Å². The first-order valence-corrected chi connectivity index (χ1v) is 8.60. The summed E-state index contributed by atoms with van der Waals surface area (Å²) < 4.78 is 18.3. The summed E-state index contributed by atoms with van der Waals surface area (Å²) in [6, 6.07) is 11.8. The van der Waals surface area contributed by atoms with Gasteiger partial charge in [0.1, 0.15) is 11.6 Å². The smallest absolute Gasteiger partial charge is 0.264 e. The Balaban J connectivity index is 1.63. The summed E-state index contributed by atoms with van der Waals surface area (Å²) in [5.74, 6) is -0.438. The van der Waals surface area contributed by atoms with E-state index in [-0.39, 0.29) is 12.5 Å². The highest BCUT2D eigenvalue weighted by molar-refractivity contribution is 7.14. The van der Waals surface area contributed by atoms with E-state index < -0.39 is 5.82 Å². The summed E-state index contributed by atoms with van der Waals surface area (Å²) in [6.45, 7) is 3.85. The average Bonchev–Trinajstić information content (AvgIpc) is 3.03. The second kappa shape index (κ2) is 7.44. The van der Waals surface area contributed by atoms with Crippen molar-refractivity contribution in [2.24, 2.45) is 0 Å². The van der Waals surface area contributed by atoms with Gasteiger partial charge in [0.25, 0.3) is 5.91 Å². The molecule has 1 amide bonds. The van der Waals surface area contributed by atoms with E-state index in [1.807, 2.05) is 19.2 Å². The van der Waals surface area contributed by atoms with Crippen molar-refractivity contribution in [3.05, 3.63) is 64.8 Å². The number of carbonyl (C=O) groups is 1. The highest BCUT2D eigenvalue weighted by Gasteiger charge is 2.10. The van der Waals surface area contributed by atoms with Crippen LogP contribution < -0.4 is 10.1 Å². The number of ether oxygens (including phenoxy) is 1. The molecular formula is C19H17FN2O2S. The van der Waals surface area contributed by atoms with Crippen molar-refractivity contribution in [2.45, 2.75) is 13.8 Å². The van der Waals surface area contributed by atoms with Crippen molar-refractivity contribution >= 4 is 22.4 Å². The number of rotatable bonds is 5. The number of thiazole rings is 1. The molecule has 25 heavy (non-hydrogen) atoms. The van der Waals surface area contributed by atoms with Gasteiger partial charge in [0.15, 0.2) is 11.7 Å². The third kappa shape index (κ3) is 4.42. The molecule has 0 unspecified atom stereocenters. The van der Waals surface area contributed by atoms with Crippen LogP contribution in [0.2, 0.25) is 0 Å². The highest BCUT2D eigenvalue weighted by Crippen LogP contribution is 2.28. The second-order valence-electron chi connectivity index (χ2n) is 5.65. The average molecular weight is 356 g/mol. The molecule has 1 N–H and O–H groups in total. The molecule has 3 rings (SSSR count). The maximum Gasteiger partial charge on any atom is 0.264 e. The van der Waals surface area contributed by atoms with Crippen LogP contribution in [0.5, 0.6) is 5.75 Å². The standard InChI is InChI=1S/C19H17FN2O2S/c1-12-6-7-13(2)16(8-12)17-11-25-19(21-17)22-18(23)10-24-15-5-3-4-14(20)9-15/h3-9,11H,10H2,1-2H3,(H,21,22,23). The molecule has 3 aromatic rings. The van der Waals surface area contributed by atoms with Crippen LogP contribution in [-0.2, 0) is 4.79 Å². The zero-order valence-electron chi connectivity index (χ0n) is 13.9. The number of benzene rings is 2. The van der Waals surface area contributed by atoms with E-state index in [9.17, 15) is 9.18 Å². The zero-order valence-corrected chi connectivity index (χ0v) is 14.7. The minimum atomic E-state index is -0.406. The predicted molar refractivity (Wildman–Crippen MR) is 97.5 cm³/mol. The van der Waals surface area contributed by atoms with Crippen molar-refractivity contribution in [2.75, 3.05) is 11.9 Å². The van der Waals surface area contributed by atoms with Gasteiger partial charge in [-0.15, -0.1) is 11.3 Å². The molecule has 2 aromatic carbocycles. The molecule has 1 heterocycles. The molecule has 0 atom stereocenters. The number of nitrogens with one attached hydrogen (secondary N) is 1. The van der Waals surface area contributed by atoms with Crippen molar-refractivity contribution in [3.8, 4) is 17.0 Å². The van der Waals surface area contributed by atoms with Crippen LogP contribution in [0.25, 0.3) is 11.3 Å². The fraction of sp³-hybridized carbons (Fsp3) is 0.158. The van der Waals surface area contributed by atoms with E-state index in [0.717, 1.165) is 22.4 Å². The number of halogens is 1. The normalized spacial score (nSPS) is 10.5. The van der Waals surface area contributed by atoms with Crippen LogP contribution in [-0.4, -0.2) is 17.5 Å². The number of nitrogens with zero attached hydrogens (tertiary/aromatic N) is 1. The number of aryl methyl sites for hydroxylation is 2. The van der Waals surface area contributed by atoms with Gasteiger partial charge in [-0.2, -0.15) is 0 Å². The Bertz CT molecular complexity index is 908. The number of hydrogen-bond acceptors (Lipinski definition) is 4. The number of hydrogen-bond donors (Lipinski definition) is 1. The predicted octanol–water partition coefficient (Wildman–Crippen LogP) is 4.58. The Morgan fingerprint density at radius 2 is 2.08 bits per heavy atom. The van der Waals surface area contributed by atoms with Gasteiger partial charge in [0.05, 0.1) is 5.69 Å². The molecule has 0 bridgehead atoms. The SMILES string of the molecule is Cc1ccc(C)c(-c2csc(NC(=O)COc3cccc(F)c3)n2)c1. The molecule has 6 heteroatoms. The van der Waals surface area contributed by atoms with Gasteiger partial charge in [-0.05, 0) is 37.6 Å². The van der Waals surface area contributed by atoms with E-state index in [1.54, 1.807) is 6.07 Å². The summed E-state index contributed by atoms with van der Waals surface area (Å²) in [6.07, 6.45) is 0. The zero-order chi connectivity index (χ0) is 17.8. The Labute approximate surface area is 149 Å². The maximum atomic E-state index is 13.1. The van der Waals surface area contributed by atoms with E-state index in [2.05, 4.69) is 28.5 Å². The van der Waals surface area contributed by atoms with Gasteiger partial charge in [-0.1, -0.05) is 23.8 Å². The molecule has 128 valence electrons. The second-order valence-corrected chi connectivity index (χ2v) is 6.51. The number of aromatic nitrogens is 1. The summed E-state index contributed by atoms with van der Waals surface area (Å²) >= 11 is 1.35. The summed E-state index contributed by atoms with van der Waals surface area (Å²) in [5, 5.41) is 5.11. The van der Waals surface area contributed by atoms with Gasteiger partial charge in [0, 0.05) is 17.0 Å². The molecule has 0 saturated carbocycles. The van der Waals surface area contributed by atoms with Crippen LogP contribution >= 0.6 is 11.3 Å². The molecule has 0 aliphatic carbocycles. The maximum absolute atomic E-state index is 13.1. The van der Waals surface area contributed by atoms with Crippen molar-refractivity contribution in [1.82, 2.24) is 4.98 Å². The molecule has 0 aliphatic heterocycles. The minimum Gasteiger partial charge on any atom is -0.484 e.